The zero-order chi connectivity index (χ0) is 20.4. The quantitative estimate of drug-likeness (QED) is 0.218. The molecule has 0 aliphatic heterocycles. The number of nitrogens with one attached hydrogen (secondary N) is 1. The Balaban J connectivity index is 1.54. The number of nitrogens with zero attached hydrogens (tertiary/aromatic N) is 3. The molecule has 29 heavy (non-hydrogen) atoms. The molecule has 0 saturated heterocycles. The Kier molecular flexibility index (Phi) is 4.92. The molecule has 2 aromatic heterocycles. The average Bonchev–Trinajstić information content (AvgIpc) is 3.30. The molecule has 144 valence electrons. The number of thiophene rings is 1. The second-order valence-corrected chi connectivity index (χ2v) is 7.42. The SMILES string of the molecule is C=CCn1cc(C=NNC(=O)c2cc3cc([N+](=O)[O-])ccc3s2)c2ccccc21. The first-order valence-corrected chi connectivity index (χ1v) is 9.58. The summed E-state index contributed by atoms with van der Waals surface area (Å²) >= 11 is 1.26. The summed E-state index contributed by atoms with van der Waals surface area (Å²) in [4.78, 5) is 23.3. The number of hydrogen-bond acceptors (Lipinski definition) is 5. The topological polar surface area (TPSA) is 89.5 Å². The molecule has 1 N–H and O–H groups in total. The van der Waals surface area contributed by atoms with Crippen LogP contribution in [0.1, 0.15) is 15.2 Å². The number of amides is 1. The highest BCUT2D eigenvalue weighted by molar-refractivity contribution is 7.20. The number of para-hydroxylation sites is 1. The van der Waals surface area contributed by atoms with E-state index < -0.39 is 4.92 Å². The summed E-state index contributed by atoms with van der Waals surface area (Å²) in [5, 5.41) is 16.7. The van der Waals surface area contributed by atoms with E-state index in [1.54, 1.807) is 18.3 Å². The van der Waals surface area contributed by atoms with Crippen molar-refractivity contribution in [2.75, 3.05) is 0 Å². The Labute approximate surface area is 169 Å². The minimum absolute atomic E-state index is 0.00352. The molecule has 0 fully saturated rings. The third-order valence-corrected chi connectivity index (χ3v) is 5.56. The number of allylic oxidation sites excluding steroid dienone is 1. The van der Waals surface area contributed by atoms with Crippen LogP contribution < -0.4 is 5.43 Å². The molecule has 0 atom stereocenters. The molecule has 0 aliphatic rings. The first kappa shape index (κ1) is 18.6. The van der Waals surface area contributed by atoms with E-state index in [1.165, 1.54) is 23.5 Å². The first-order valence-electron chi connectivity index (χ1n) is 8.77. The van der Waals surface area contributed by atoms with Crippen LogP contribution in [-0.4, -0.2) is 21.6 Å². The van der Waals surface area contributed by atoms with E-state index in [0.717, 1.165) is 21.2 Å². The molecular weight excluding hydrogens is 388 g/mol. The van der Waals surface area contributed by atoms with Crippen molar-refractivity contribution in [3.05, 3.63) is 87.9 Å². The number of nitro groups is 1. The normalized spacial score (nSPS) is 11.3. The molecule has 2 heterocycles. The Morgan fingerprint density at radius 3 is 2.90 bits per heavy atom. The third kappa shape index (κ3) is 3.65. The largest absolute Gasteiger partial charge is 0.343 e. The molecule has 0 bridgehead atoms. The van der Waals surface area contributed by atoms with Gasteiger partial charge in [0.2, 0.25) is 0 Å². The van der Waals surface area contributed by atoms with Gasteiger partial charge in [0.25, 0.3) is 11.6 Å². The molecule has 4 aromatic rings. The van der Waals surface area contributed by atoms with Crippen LogP contribution in [0.5, 0.6) is 0 Å². The van der Waals surface area contributed by atoms with E-state index in [4.69, 9.17) is 0 Å². The first-order chi connectivity index (χ1) is 14.1. The van der Waals surface area contributed by atoms with E-state index >= 15 is 0 Å². The van der Waals surface area contributed by atoms with E-state index in [0.29, 0.717) is 16.8 Å². The highest BCUT2D eigenvalue weighted by Gasteiger charge is 2.13. The molecular formula is C21H16N4O3S. The standard InChI is InChI=1S/C21H16N4O3S/c1-2-9-24-13-15(17-5-3-4-6-18(17)24)12-22-23-21(26)20-11-14-10-16(25(27)28)7-8-19(14)29-20/h2-8,10-13H,1,9H2,(H,23,26). The van der Waals surface area contributed by atoms with Gasteiger partial charge in [-0.3, -0.25) is 14.9 Å². The summed E-state index contributed by atoms with van der Waals surface area (Å²) in [5.41, 5.74) is 4.47. The number of benzene rings is 2. The molecule has 4 rings (SSSR count). The van der Waals surface area contributed by atoms with Crippen LogP contribution in [0.2, 0.25) is 0 Å². The zero-order valence-electron chi connectivity index (χ0n) is 15.2. The lowest BCUT2D eigenvalue weighted by Crippen LogP contribution is -2.16. The summed E-state index contributed by atoms with van der Waals surface area (Å²) in [6.07, 6.45) is 5.39. The van der Waals surface area contributed by atoms with Gasteiger partial charge in [0.15, 0.2) is 0 Å². The van der Waals surface area contributed by atoms with Crippen LogP contribution in [0.3, 0.4) is 0 Å². The number of rotatable bonds is 6. The average molecular weight is 404 g/mol. The zero-order valence-corrected chi connectivity index (χ0v) is 16.1. The van der Waals surface area contributed by atoms with Crippen molar-refractivity contribution >= 4 is 50.1 Å². The molecule has 0 unspecified atom stereocenters. The fourth-order valence-electron chi connectivity index (χ4n) is 3.14. The summed E-state index contributed by atoms with van der Waals surface area (Å²) in [5.74, 6) is -0.361. The highest BCUT2D eigenvalue weighted by Crippen LogP contribution is 2.29. The number of hydrazone groups is 1. The maximum Gasteiger partial charge on any atom is 0.281 e. The van der Waals surface area contributed by atoms with Gasteiger partial charge in [0.05, 0.1) is 16.0 Å². The molecule has 1 amide bonds. The third-order valence-electron chi connectivity index (χ3n) is 4.45. The van der Waals surface area contributed by atoms with Crippen molar-refractivity contribution < 1.29 is 9.72 Å². The van der Waals surface area contributed by atoms with Crippen molar-refractivity contribution in [2.45, 2.75) is 6.54 Å². The highest BCUT2D eigenvalue weighted by atomic mass is 32.1. The van der Waals surface area contributed by atoms with Crippen molar-refractivity contribution in [3.63, 3.8) is 0 Å². The second kappa shape index (κ2) is 7.69. The van der Waals surface area contributed by atoms with Gasteiger partial charge in [-0.1, -0.05) is 24.3 Å². The van der Waals surface area contributed by atoms with Crippen LogP contribution in [0.4, 0.5) is 5.69 Å². The Morgan fingerprint density at radius 2 is 2.10 bits per heavy atom. The van der Waals surface area contributed by atoms with Crippen molar-refractivity contribution in [1.29, 1.82) is 0 Å². The molecule has 0 aliphatic carbocycles. The van der Waals surface area contributed by atoms with Crippen LogP contribution in [-0.2, 0) is 6.54 Å². The van der Waals surface area contributed by atoms with E-state index in [2.05, 4.69) is 21.7 Å². The molecule has 0 radical (unpaired) electrons. The predicted octanol–water partition coefficient (Wildman–Crippen LogP) is 4.71. The Morgan fingerprint density at radius 1 is 1.28 bits per heavy atom. The van der Waals surface area contributed by atoms with Gasteiger partial charge in [0, 0.05) is 51.4 Å². The van der Waals surface area contributed by atoms with Gasteiger partial charge in [-0.25, -0.2) is 5.43 Å². The van der Waals surface area contributed by atoms with Gasteiger partial charge < -0.3 is 4.57 Å². The lowest BCUT2D eigenvalue weighted by atomic mass is 10.2. The Hall–Kier alpha value is -3.78. The minimum atomic E-state index is -0.454. The number of carbonyl (C=O) groups excluding carboxylic acids is 1. The van der Waals surface area contributed by atoms with Crippen LogP contribution in [0, 0.1) is 10.1 Å². The number of aromatic nitrogens is 1. The van der Waals surface area contributed by atoms with E-state index in [-0.39, 0.29) is 11.6 Å². The lowest BCUT2D eigenvalue weighted by molar-refractivity contribution is -0.384. The lowest BCUT2D eigenvalue weighted by Gasteiger charge is -1.98. The maximum absolute atomic E-state index is 12.4. The smallest absolute Gasteiger partial charge is 0.281 e. The number of non-ortho nitro benzene ring substituents is 1. The summed E-state index contributed by atoms with van der Waals surface area (Å²) in [6.45, 7) is 4.45. The monoisotopic (exact) mass is 404 g/mol. The molecule has 0 spiro atoms. The van der Waals surface area contributed by atoms with Gasteiger partial charge >= 0.3 is 0 Å². The molecule has 2 aromatic carbocycles. The summed E-state index contributed by atoms with van der Waals surface area (Å²) in [7, 11) is 0. The molecule has 0 saturated carbocycles. The van der Waals surface area contributed by atoms with E-state index in [9.17, 15) is 14.9 Å². The van der Waals surface area contributed by atoms with Gasteiger partial charge in [-0.2, -0.15) is 5.10 Å². The van der Waals surface area contributed by atoms with Crippen LogP contribution in [0.25, 0.3) is 21.0 Å². The van der Waals surface area contributed by atoms with Crippen molar-refractivity contribution in [3.8, 4) is 0 Å². The Bertz CT molecular complexity index is 1290. The second-order valence-electron chi connectivity index (χ2n) is 6.33. The fraction of sp³-hybridized carbons (Fsp3) is 0.0476. The number of hydrogen-bond donors (Lipinski definition) is 1. The summed E-state index contributed by atoms with van der Waals surface area (Å²) in [6, 6.07) is 14.1. The number of fused-ring (bicyclic) bond motifs is 2. The maximum atomic E-state index is 12.4. The van der Waals surface area contributed by atoms with E-state index in [1.807, 2.05) is 36.5 Å². The molecule has 7 nitrogen and oxygen atoms in total. The van der Waals surface area contributed by atoms with Gasteiger partial charge in [0.1, 0.15) is 0 Å². The van der Waals surface area contributed by atoms with Gasteiger partial charge in [-0.05, 0) is 18.2 Å². The molecule has 8 heteroatoms. The number of nitro benzene ring substituents is 1. The van der Waals surface area contributed by atoms with Gasteiger partial charge in [-0.15, -0.1) is 17.9 Å². The van der Waals surface area contributed by atoms with Crippen molar-refractivity contribution in [1.82, 2.24) is 9.99 Å². The number of carbonyl (C=O) groups is 1. The van der Waals surface area contributed by atoms with Crippen LogP contribution >= 0.6 is 11.3 Å². The minimum Gasteiger partial charge on any atom is -0.343 e. The predicted molar refractivity (Wildman–Crippen MR) is 116 cm³/mol. The van der Waals surface area contributed by atoms with Crippen molar-refractivity contribution in [2.24, 2.45) is 5.10 Å². The summed E-state index contributed by atoms with van der Waals surface area (Å²) < 4.78 is 2.86. The fourth-order valence-corrected chi connectivity index (χ4v) is 4.07. The van der Waals surface area contributed by atoms with Crippen LogP contribution in [0.15, 0.2) is 72.5 Å².